The molecule has 19 heavy (non-hydrogen) atoms. The van der Waals surface area contributed by atoms with Gasteiger partial charge >= 0.3 is 0 Å². The van der Waals surface area contributed by atoms with Crippen molar-refractivity contribution in [3.05, 3.63) is 18.0 Å². The van der Waals surface area contributed by atoms with Crippen LogP contribution in [0.4, 0.5) is 0 Å². The topological polar surface area (TPSA) is 38.1 Å². The second-order valence-corrected chi connectivity index (χ2v) is 5.85. The zero-order chi connectivity index (χ0) is 13.3. The Balaban J connectivity index is 1.89. The molecule has 0 bridgehead atoms. The van der Waals surface area contributed by atoms with Crippen LogP contribution >= 0.6 is 0 Å². The minimum absolute atomic E-state index is 0.210. The van der Waals surface area contributed by atoms with Gasteiger partial charge in [0.25, 0.3) is 0 Å². The number of likely N-dealkylation sites (tertiary alicyclic amines) is 1. The predicted octanol–water partition coefficient (Wildman–Crippen LogP) is 2.49. The predicted molar refractivity (Wildman–Crippen MR) is 74.2 cm³/mol. The van der Waals surface area contributed by atoms with Gasteiger partial charge in [-0.2, -0.15) is 5.10 Å². The SMILES string of the molecule is CCn1cc(C(=O)C2(N3CCCC3)CCCC2)cn1. The van der Waals surface area contributed by atoms with Crippen molar-refractivity contribution in [2.75, 3.05) is 13.1 Å². The summed E-state index contributed by atoms with van der Waals surface area (Å²) in [5.41, 5.74) is 0.591. The quantitative estimate of drug-likeness (QED) is 0.782. The lowest BCUT2D eigenvalue weighted by Gasteiger charge is -2.37. The Morgan fingerprint density at radius 3 is 2.53 bits per heavy atom. The van der Waals surface area contributed by atoms with Gasteiger partial charge in [0.05, 0.1) is 17.3 Å². The average molecular weight is 261 g/mol. The molecule has 0 aromatic carbocycles. The highest BCUT2D eigenvalue weighted by Crippen LogP contribution is 2.39. The van der Waals surface area contributed by atoms with E-state index in [0.29, 0.717) is 5.78 Å². The first-order valence-electron chi connectivity index (χ1n) is 7.58. The molecule has 2 aliphatic rings. The summed E-state index contributed by atoms with van der Waals surface area (Å²) in [5, 5.41) is 4.26. The van der Waals surface area contributed by atoms with Crippen LogP contribution in [0.2, 0.25) is 0 Å². The molecule has 1 aliphatic heterocycles. The maximum Gasteiger partial charge on any atom is 0.186 e. The van der Waals surface area contributed by atoms with Gasteiger partial charge in [0.1, 0.15) is 0 Å². The summed E-state index contributed by atoms with van der Waals surface area (Å²) in [6, 6.07) is 0. The van der Waals surface area contributed by atoms with Crippen LogP contribution in [0.15, 0.2) is 12.4 Å². The molecule has 4 heteroatoms. The van der Waals surface area contributed by atoms with E-state index in [4.69, 9.17) is 0 Å². The molecule has 1 aliphatic carbocycles. The second-order valence-electron chi connectivity index (χ2n) is 5.85. The van der Waals surface area contributed by atoms with Crippen LogP contribution in [0, 0.1) is 0 Å². The number of rotatable bonds is 4. The summed E-state index contributed by atoms with van der Waals surface area (Å²) in [5.74, 6) is 0.312. The second kappa shape index (κ2) is 5.08. The van der Waals surface area contributed by atoms with Gasteiger partial charge < -0.3 is 0 Å². The molecule has 2 heterocycles. The van der Waals surface area contributed by atoms with Crippen molar-refractivity contribution in [2.24, 2.45) is 0 Å². The molecule has 1 saturated carbocycles. The monoisotopic (exact) mass is 261 g/mol. The van der Waals surface area contributed by atoms with E-state index >= 15 is 0 Å². The molecule has 0 radical (unpaired) electrons. The molecule has 2 fully saturated rings. The minimum atomic E-state index is -0.210. The van der Waals surface area contributed by atoms with E-state index in [-0.39, 0.29) is 5.54 Å². The first-order valence-corrected chi connectivity index (χ1v) is 7.58. The number of aromatic nitrogens is 2. The van der Waals surface area contributed by atoms with Gasteiger partial charge in [0, 0.05) is 12.7 Å². The zero-order valence-electron chi connectivity index (χ0n) is 11.8. The summed E-state index contributed by atoms with van der Waals surface area (Å²) in [6.07, 6.45) is 10.6. The molecule has 1 saturated heterocycles. The van der Waals surface area contributed by atoms with Crippen molar-refractivity contribution in [2.45, 2.75) is 57.5 Å². The Hall–Kier alpha value is -1.16. The largest absolute Gasteiger partial charge is 0.292 e. The molecule has 1 aromatic rings. The van der Waals surface area contributed by atoms with Gasteiger partial charge in [-0.15, -0.1) is 0 Å². The number of carbonyl (C=O) groups is 1. The Morgan fingerprint density at radius 2 is 1.95 bits per heavy atom. The first-order chi connectivity index (χ1) is 9.26. The number of ketones is 1. The van der Waals surface area contributed by atoms with Crippen LogP contribution in [0.25, 0.3) is 0 Å². The lowest BCUT2D eigenvalue weighted by atomic mass is 9.87. The summed E-state index contributed by atoms with van der Waals surface area (Å²) in [7, 11) is 0. The van der Waals surface area contributed by atoms with Crippen molar-refractivity contribution in [1.29, 1.82) is 0 Å². The third-order valence-electron chi connectivity index (χ3n) is 4.78. The first kappa shape index (κ1) is 12.9. The molecule has 0 N–H and O–H groups in total. The van der Waals surface area contributed by atoms with Gasteiger partial charge in [-0.3, -0.25) is 14.4 Å². The summed E-state index contributed by atoms with van der Waals surface area (Å²) >= 11 is 0. The smallest absolute Gasteiger partial charge is 0.186 e. The Morgan fingerprint density at radius 1 is 1.26 bits per heavy atom. The fourth-order valence-electron chi connectivity index (χ4n) is 3.71. The van der Waals surface area contributed by atoms with E-state index in [1.54, 1.807) is 6.20 Å². The van der Waals surface area contributed by atoms with Crippen LogP contribution in [0.5, 0.6) is 0 Å². The molecule has 0 atom stereocenters. The zero-order valence-corrected chi connectivity index (χ0v) is 11.8. The van der Waals surface area contributed by atoms with E-state index in [0.717, 1.165) is 38.0 Å². The molecule has 0 spiro atoms. The van der Waals surface area contributed by atoms with Crippen molar-refractivity contribution in [3.8, 4) is 0 Å². The fourth-order valence-corrected chi connectivity index (χ4v) is 3.71. The van der Waals surface area contributed by atoms with E-state index in [1.807, 2.05) is 17.8 Å². The highest BCUT2D eigenvalue weighted by molar-refractivity contribution is 6.03. The lowest BCUT2D eigenvalue weighted by molar-refractivity contribution is 0.0626. The van der Waals surface area contributed by atoms with E-state index in [2.05, 4.69) is 10.00 Å². The molecular formula is C15H23N3O. The van der Waals surface area contributed by atoms with Crippen molar-refractivity contribution < 1.29 is 4.79 Å². The third-order valence-corrected chi connectivity index (χ3v) is 4.78. The number of aryl methyl sites for hydroxylation is 1. The highest BCUT2D eigenvalue weighted by Gasteiger charge is 2.47. The number of carbonyl (C=O) groups excluding carboxylic acids is 1. The summed E-state index contributed by atoms with van der Waals surface area (Å²) < 4.78 is 1.85. The normalized spacial score (nSPS) is 23.0. The number of nitrogens with zero attached hydrogens (tertiary/aromatic N) is 3. The van der Waals surface area contributed by atoms with E-state index in [1.165, 1.54) is 25.7 Å². The van der Waals surface area contributed by atoms with E-state index in [9.17, 15) is 4.79 Å². The maximum absolute atomic E-state index is 13.0. The Labute approximate surface area is 114 Å². The fraction of sp³-hybridized carbons (Fsp3) is 0.733. The van der Waals surface area contributed by atoms with Crippen LogP contribution in [0.3, 0.4) is 0 Å². The number of hydrogen-bond donors (Lipinski definition) is 0. The van der Waals surface area contributed by atoms with Crippen LogP contribution in [-0.4, -0.2) is 39.1 Å². The maximum atomic E-state index is 13.0. The van der Waals surface area contributed by atoms with Gasteiger partial charge in [-0.25, -0.2) is 0 Å². The minimum Gasteiger partial charge on any atom is -0.292 e. The lowest BCUT2D eigenvalue weighted by Crippen LogP contribution is -2.51. The van der Waals surface area contributed by atoms with Gasteiger partial charge in [-0.1, -0.05) is 12.8 Å². The van der Waals surface area contributed by atoms with Crippen molar-refractivity contribution >= 4 is 5.78 Å². The molecule has 0 amide bonds. The van der Waals surface area contributed by atoms with Crippen LogP contribution in [0.1, 0.15) is 55.8 Å². The molecule has 104 valence electrons. The third kappa shape index (κ3) is 2.12. The van der Waals surface area contributed by atoms with Crippen LogP contribution < -0.4 is 0 Å². The molecule has 4 nitrogen and oxygen atoms in total. The van der Waals surface area contributed by atoms with Gasteiger partial charge in [0.15, 0.2) is 5.78 Å². The van der Waals surface area contributed by atoms with Gasteiger partial charge in [-0.05, 0) is 45.7 Å². The Kier molecular flexibility index (Phi) is 3.44. The molecule has 0 unspecified atom stereocenters. The molecule has 3 rings (SSSR count). The Bertz CT molecular complexity index is 454. The number of Topliss-reactive ketones (excluding diaryl/α,β-unsaturated/α-hetero) is 1. The van der Waals surface area contributed by atoms with Crippen molar-refractivity contribution in [1.82, 2.24) is 14.7 Å². The number of hydrogen-bond acceptors (Lipinski definition) is 3. The highest BCUT2D eigenvalue weighted by atomic mass is 16.1. The standard InChI is InChI=1S/C15H23N3O/c1-2-18-12-13(11-16-18)14(19)15(7-3-4-8-15)17-9-5-6-10-17/h11-12H,2-10H2,1H3. The summed E-state index contributed by atoms with van der Waals surface area (Å²) in [6.45, 7) is 5.05. The summed E-state index contributed by atoms with van der Waals surface area (Å²) in [4.78, 5) is 15.4. The molecule has 1 aromatic heterocycles. The van der Waals surface area contributed by atoms with Crippen molar-refractivity contribution in [3.63, 3.8) is 0 Å². The average Bonchev–Trinajstić information content (AvgIpc) is 3.17. The van der Waals surface area contributed by atoms with E-state index < -0.39 is 0 Å². The molecular weight excluding hydrogens is 238 g/mol. The van der Waals surface area contributed by atoms with Crippen LogP contribution in [-0.2, 0) is 6.54 Å². The van der Waals surface area contributed by atoms with Gasteiger partial charge in [0.2, 0.25) is 0 Å².